The summed E-state index contributed by atoms with van der Waals surface area (Å²) in [4.78, 5) is 24.6. The Hall–Kier alpha value is -3.33. The van der Waals surface area contributed by atoms with E-state index < -0.39 is 5.91 Å². The minimum atomic E-state index is -0.500. The fraction of sp³-hybridized carbons (Fsp3) is 0.318. The molecule has 2 rings (SSSR count). The van der Waals surface area contributed by atoms with Gasteiger partial charge in [0.15, 0.2) is 0 Å². The van der Waals surface area contributed by atoms with E-state index in [1.165, 1.54) is 0 Å². The van der Waals surface area contributed by atoms with E-state index in [2.05, 4.69) is 22.1 Å². The predicted octanol–water partition coefficient (Wildman–Crippen LogP) is 3.73. The zero-order chi connectivity index (χ0) is 20.8. The van der Waals surface area contributed by atoms with E-state index in [4.69, 9.17) is 0 Å². The van der Waals surface area contributed by atoms with Gasteiger partial charge in [0.2, 0.25) is 0 Å². The van der Waals surface area contributed by atoms with Crippen molar-refractivity contribution in [3.63, 3.8) is 0 Å². The molecule has 0 unspecified atom stereocenters. The standard InChI is InChI=1S/C22H26N4O2/c1-6-10-26-14(2)11-17(16(26)4)12-18(13-23)21(27)25-20-9-7-8-19(15(20)3)22(28)24-5/h7-9,11-12H,6,10H2,1-5H3,(H,24,28)(H,25,27)/b18-12-. The van der Waals surface area contributed by atoms with Gasteiger partial charge >= 0.3 is 0 Å². The largest absolute Gasteiger partial charge is 0.355 e. The number of anilines is 1. The van der Waals surface area contributed by atoms with E-state index >= 15 is 0 Å². The van der Waals surface area contributed by atoms with Crippen molar-refractivity contribution in [2.75, 3.05) is 12.4 Å². The Balaban J connectivity index is 2.33. The Kier molecular flexibility index (Phi) is 6.78. The van der Waals surface area contributed by atoms with E-state index in [0.29, 0.717) is 16.8 Å². The summed E-state index contributed by atoms with van der Waals surface area (Å²) in [5, 5.41) is 14.8. The molecule has 0 aliphatic heterocycles. The molecule has 6 nitrogen and oxygen atoms in total. The number of nitrogens with one attached hydrogen (secondary N) is 2. The smallest absolute Gasteiger partial charge is 0.266 e. The van der Waals surface area contributed by atoms with Gasteiger partial charge < -0.3 is 15.2 Å². The maximum atomic E-state index is 12.7. The van der Waals surface area contributed by atoms with Gasteiger partial charge in [-0.3, -0.25) is 9.59 Å². The first kappa shape index (κ1) is 21.0. The molecule has 0 saturated carbocycles. The number of aryl methyl sites for hydroxylation is 1. The van der Waals surface area contributed by atoms with Crippen LogP contribution in [-0.4, -0.2) is 23.4 Å². The van der Waals surface area contributed by atoms with Gasteiger partial charge in [0.05, 0.1) is 0 Å². The summed E-state index contributed by atoms with van der Waals surface area (Å²) in [6.07, 6.45) is 2.62. The van der Waals surface area contributed by atoms with Gasteiger partial charge in [-0.15, -0.1) is 0 Å². The summed E-state index contributed by atoms with van der Waals surface area (Å²) in [5.74, 6) is -0.729. The summed E-state index contributed by atoms with van der Waals surface area (Å²) in [5.41, 5.74) is 4.62. The number of aromatic nitrogens is 1. The van der Waals surface area contributed by atoms with Crippen molar-refractivity contribution < 1.29 is 9.59 Å². The van der Waals surface area contributed by atoms with Crippen LogP contribution in [0, 0.1) is 32.1 Å². The van der Waals surface area contributed by atoms with E-state index in [-0.39, 0.29) is 11.5 Å². The lowest BCUT2D eigenvalue weighted by atomic mass is 10.1. The predicted molar refractivity (Wildman–Crippen MR) is 111 cm³/mol. The summed E-state index contributed by atoms with van der Waals surface area (Å²) >= 11 is 0. The molecule has 0 fully saturated rings. The van der Waals surface area contributed by atoms with Crippen molar-refractivity contribution in [3.05, 3.63) is 57.9 Å². The third-order valence-electron chi connectivity index (χ3n) is 4.78. The average molecular weight is 378 g/mol. The summed E-state index contributed by atoms with van der Waals surface area (Å²) in [7, 11) is 1.55. The average Bonchev–Trinajstić information content (AvgIpc) is 2.94. The highest BCUT2D eigenvalue weighted by molar-refractivity contribution is 6.10. The Bertz CT molecular complexity index is 977. The summed E-state index contributed by atoms with van der Waals surface area (Å²) in [6.45, 7) is 8.76. The number of carbonyl (C=O) groups is 2. The third-order valence-corrected chi connectivity index (χ3v) is 4.78. The second-order valence-corrected chi connectivity index (χ2v) is 6.66. The number of amides is 2. The molecule has 1 aromatic carbocycles. The van der Waals surface area contributed by atoms with Crippen LogP contribution in [0.25, 0.3) is 6.08 Å². The minimum Gasteiger partial charge on any atom is -0.355 e. The Labute approximate surface area is 165 Å². The molecular weight excluding hydrogens is 352 g/mol. The van der Waals surface area contributed by atoms with Crippen molar-refractivity contribution >= 4 is 23.6 Å². The van der Waals surface area contributed by atoms with Crippen molar-refractivity contribution in [1.29, 1.82) is 5.26 Å². The maximum Gasteiger partial charge on any atom is 0.266 e. The zero-order valence-electron chi connectivity index (χ0n) is 17.0. The van der Waals surface area contributed by atoms with Crippen LogP contribution in [0.2, 0.25) is 0 Å². The molecule has 0 spiro atoms. The van der Waals surface area contributed by atoms with Crippen LogP contribution in [0.3, 0.4) is 0 Å². The number of benzene rings is 1. The molecule has 0 radical (unpaired) electrons. The molecule has 2 aromatic rings. The molecule has 0 saturated heterocycles. The van der Waals surface area contributed by atoms with E-state index in [1.807, 2.05) is 26.0 Å². The number of carbonyl (C=O) groups excluding carboxylic acids is 2. The molecule has 28 heavy (non-hydrogen) atoms. The van der Waals surface area contributed by atoms with Crippen molar-refractivity contribution in [2.24, 2.45) is 0 Å². The molecule has 1 aromatic heterocycles. The van der Waals surface area contributed by atoms with Crippen LogP contribution in [0.1, 0.15) is 46.2 Å². The highest BCUT2D eigenvalue weighted by Crippen LogP contribution is 2.22. The van der Waals surface area contributed by atoms with Crippen LogP contribution in [0.15, 0.2) is 29.8 Å². The fourth-order valence-electron chi connectivity index (χ4n) is 3.19. The van der Waals surface area contributed by atoms with Crippen molar-refractivity contribution in [3.8, 4) is 6.07 Å². The first-order valence-electron chi connectivity index (χ1n) is 9.25. The highest BCUT2D eigenvalue weighted by Gasteiger charge is 2.16. The number of rotatable bonds is 6. The Morgan fingerprint density at radius 2 is 1.96 bits per heavy atom. The molecule has 0 aliphatic carbocycles. The lowest BCUT2D eigenvalue weighted by Crippen LogP contribution is -2.20. The lowest BCUT2D eigenvalue weighted by molar-refractivity contribution is -0.112. The second-order valence-electron chi connectivity index (χ2n) is 6.66. The normalized spacial score (nSPS) is 11.1. The number of hydrogen-bond donors (Lipinski definition) is 2. The van der Waals surface area contributed by atoms with Crippen LogP contribution < -0.4 is 10.6 Å². The van der Waals surface area contributed by atoms with E-state index in [9.17, 15) is 14.9 Å². The van der Waals surface area contributed by atoms with Gasteiger partial charge in [-0.05, 0) is 62.6 Å². The van der Waals surface area contributed by atoms with Gasteiger partial charge in [-0.1, -0.05) is 13.0 Å². The van der Waals surface area contributed by atoms with E-state index in [1.54, 1.807) is 38.2 Å². The van der Waals surface area contributed by atoms with Gasteiger partial charge in [0, 0.05) is 36.2 Å². The van der Waals surface area contributed by atoms with Gasteiger partial charge in [0.25, 0.3) is 11.8 Å². The third kappa shape index (κ3) is 4.32. The number of hydrogen-bond acceptors (Lipinski definition) is 3. The molecule has 0 bridgehead atoms. The van der Waals surface area contributed by atoms with Crippen LogP contribution in [-0.2, 0) is 11.3 Å². The van der Waals surface area contributed by atoms with Crippen molar-refractivity contribution in [2.45, 2.75) is 40.7 Å². The van der Waals surface area contributed by atoms with Gasteiger partial charge in [-0.2, -0.15) is 5.26 Å². The maximum absolute atomic E-state index is 12.7. The van der Waals surface area contributed by atoms with Crippen molar-refractivity contribution in [1.82, 2.24) is 9.88 Å². The first-order valence-corrected chi connectivity index (χ1v) is 9.25. The van der Waals surface area contributed by atoms with Crippen LogP contribution in [0.4, 0.5) is 5.69 Å². The monoisotopic (exact) mass is 378 g/mol. The molecule has 6 heteroatoms. The quantitative estimate of drug-likeness (QED) is 0.593. The molecule has 2 amide bonds. The highest BCUT2D eigenvalue weighted by atomic mass is 16.2. The zero-order valence-corrected chi connectivity index (χ0v) is 17.0. The second kappa shape index (κ2) is 9.05. The van der Waals surface area contributed by atoms with Gasteiger partial charge in [0.1, 0.15) is 11.6 Å². The van der Waals surface area contributed by atoms with Crippen LogP contribution in [0.5, 0.6) is 0 Å². The lowest BCUT2D eigenvalue weighted by Gasteiger charge is -2.11. The number of nitriles is 1. The Morgan fingerprint density at radius 1 is 1.25 bits per heavy atom. The molecule has 1 heterocycles. The molecule has 146 valence electrons. The topological polar surface area (TPSA) is 86.9 Å². The fourth-order valence-corrected chi connectivity index (χ4v) is 3.19. The Morgan fingerprint density at radius 3 is 2.57 bits per heavy atom. The summed E-state index contributed by atoms with van der Waals surface area (Å²) in [6, 6.07) is 9.06. The first-order chi connectivity index (χ1) is 13.3. The summed E-state index contributed by atoms with van der Waals surface area (Å²) < 4.78 is 2.18. The molecule has 0 atom stereocenters. The number of nitrogens with zero attached hydrogens (tertiary/aromatic N) is 2. The molecule has 0 aliphatic rings. The molecule has 2 N–H and O–H groups in total. The van der Waals surface area contributed by atoms with E-state index in [0.717, 1.165) is 29.9 Å². The van der Waals surface area contributed by atoms with Gasteiger partial charge in [-0.25, -0.2) is 0 Å². The SMILES string of the molecule is CCCn1c(C)cc(/C=C(/C#N)C(=O)Nc2cccc(C(=O)NC)c2C)c1C. The molecular formula is C22H26N4O2. The minimum absolute atomic E-state index is 0.0153. The van der Waals surface area contributed by atoms with Crippen LogP contribution >= 0.6 is 0 Å².